The molecule has 1 aromatic rings. The third-order valence-corrected chi connectivity index (χ3v) is 12.4. The van der Waals surface area contributed by atoms with Gasteiger partial charge in [-0.15, -0.1) is 0 Å². The second kappa shape index (κ2) is 29.1. The lowest BCUT2D eigenvalue weighted by Gasteiger charge is -2.23. The number of allylic oxidation sites excluding steroid dienone is 10. The number of halogens is 3. The number of unbranched alkanes of at least 4 members (excludes halogenated alkanes) is 1. The molecule has 13 nitrogen and oxygen atoms in total. The third-order valence-electron chi connectivity index (χ3n) is 7.61. The van der Waals surface area contributed by atoms with Crippen LogP contribution in [0.25, 0.3) is 0 Å². The molecule has 0 aliphatic carbocycles. The zero-order valence-electron chi connectivity index (χ0n) is 31.9. The first-order valence-electron chi connectivity index (χ1n) is 18.6. The summed E-state index contributed by atoms with van der Waals surface area (Å²) in [4.78, 5) is 39.9. The number of aliphatic hydroxyl groups excluding tert-OH is 1. The lowest BCUT2D eigenvalue weighted by molar-refractivity contribution is -0.141. The van der Waals surface area contributed by atoms with Crippen molar-refractivity contribution in [1.82, 2.24) is 25.0 Å². The van der Waals surface area contributed by atoms with Crippen molar-refractivity contribution in [3.05, 3.63) is 87.2 Å². The highest BCUT2D eigenvalue weighted by Gasteiger charge is 2.60. The van der Waals surface area contributed by atoms with Crippen molar-refractivity contribution in [3.8, 4) is 0 Å². The van der Waals surface area contributed by atoms with Crippen LogP contribution in [-0.2, 0) is 28.2 Å². The molecule has 4 N–H and O–H groups in total. The number of rotatable bonds is 29. The number of carbonyl (C=O) groups excluding carboxylic acids is 2. The second-order valence-electron chi connectivity index (χ2n) is 12.1. The Labute approximate surface area is 350 Å². The zero-order valence-corrected chi connectivity index (χ0v) is 36.5. The van der Waals surface area contributed by atoms with Gasteiger partial charge in [0.2, 0.25) is 12.1 Å². The van der Waals surface area contributed by atoms with Gasteiger partial charge in [0.1, 0.15) is 16.3 Å². The SMILES string of the molecule is CC/C=C\C/C=C\C/C=C\C/C=C\C/C=C\CCCC(=O)NCCSSCCNP(=O)(NCC(=O)OCC)OC[C@H]1O[C@@H](n2ccc(I)nc2=O)C(F)(F)[C@@H]1O. The number of hydrogen-bond acceptors (Lipinski definition) is 11. The van der Waals surface area contributed by atoms with Gasteiger partial charge in [-0.3, -0.25) is 18.7 Å². The normalized spacial score (nSPS) is 19.6. The number of carbonyl (C=O) groups is 2. The summed E-state index contributed by atoms with van der Waals surface area (Å²) in [7, 11) is -1.11. The van der Waals surface area contributed by atoms with Crippen LogP contribution in [0.2, 0.25) is 0 Å². The monoisotopic (exact) mass is 957 g/mol. The maximum atomic E-state index is 15.0. The van der Waals surface area contributed by atoms with E-state index in [2.05, 4.69) is 88.2 Å². The van der Waals surface area contributed by atoms with E-state index in [0.717, 1.165) is 51.1 Å². The van der Waals surface area contributed by atoms with Gasteiger partial charge in [0.15, 0.2) is 6.10 Å². The summed E-state index contributed by atoms with van der Waals surface area (Å²) in [5.41, 5.74) is -0.996. The van der Waals surface area contributed by atoms with E-state index in [1.807, 2.05) is 0 Å². The molecule has 1 aromatic heterocycles. The Morgan fingerprint density at radius 1 is 1.00 bits per heavy atom. The van der Waals surface area contributed by atoms with E-state index >= 15 is 0 Å². The number of alkyl halides is 2. The van der Waals surface area contributed by atoms with Gasteiger partial charge >= 0.3 is 25.3 Å². The highest BCUT2D eigenvalue weighted by molar-refractivity contribution is 14.1. The largest absolute Gasteiger partial charge is 0.465 e. The van der Waals surface area contributed by atoms with Crippen LogP contribution in [0.15, 0.2) is 77.8 Å². The maximum Gasteiger partial charge on any atom is 0.350 e. The molecule has 0 aromatic carbocycles. The van der Waals surface area contributed by atoms with Gasteiger partial charge in [-0.1, -0.05) is 89.3 Å². The Balaban J connectivity index is 1.63. The summed E-state index contributed by atoms with van der Waals surface area (Å²) in [6, 6.07) is 1.33. The fourth-order valence-corrected chi connectivity index (χ4v) is 8.53. The second-order valence-corrected chi connectivity index (χ2v) is 17.9. The van der Waals surface area contributed by atoms with Gasteiger partial charge < -0.3 is 24.4 Å². The van der Waals surface area contributed by atoms with E-state index < -0.39 is 56.8 Å². The average Bonchev–Trinajstić information content (AvgIpc) is 3.39. The minimum Gasteiger partial charge on any atom is -0.465 e. The van der Waals surface area contributed by atoms with E-state index in [4.69, 9.17) is 14.0 Å². The first-order chi connectivity index (χ1) is 26.9. The summed E-state index contributed by atoms with van der Waals surface area (Å²) in [5, 5.41) is 18.4. The third kappa shape index (κ3) is 20.5. The summed E-state index contributed by atoms with van der Waals surface area (Å²) >= 11 is 1.76. The summed E-state index contributed by atoms with van der Waals surface area (Å²) < 4.78 is 59.9. The molecule has 1 aliphatic heterocycles. The van der Waals surface area contributed by atoms with E-state index in [1.54, 1.807) is 29.5 Å². The fourth-order valence-electron chi connectivity index (χ4n) is 4.80. The summed E-state index contributed by atoms with van der Waals surface area (Å²) in [5.74, 6) is -3.56. The molecule has 56 heavy (non-hydrogen) atoms. The molecule has 1 fully saturated rings. The molecule has 19 heteroatoms. The van der Waals surface area contributed by atoms with Crippen LogP contribution in [0.3, 0.4) is 0 Å². The lowest BCUT2D eigenvalue weighted by Crippen LogP contribution is -2.42. The number of ether oxygens (including phenoxy) is 2. The number of hydrogen-bond donors (Lipinski definition) is 4. The number of aromatic nitrogens is 2. The molecule has 1 unspecified atom stereocenters. The van der Waals surface area contributed by atoms with E-state index in [0.29, 0.717) is 29.0 Å². The Morgan fingerprint density at radius 3 is 2.21 bits per heavy atom. The van der Waals surface area contributed by atoms with Gasteiger partial charge in [0.05, 0.1) is 13.2 Å². The Kier molecular flexibility index (Phi) is 26.0. The van der Waals surface area contributed by atoms with Crippen LogP contribution in [0.4, 0.5) is 8.78 Å². The summed E-state index contributed by atoms with van der Waals surface area (Å²) in [6.45, 7) is 3.17. The number of nitrogens with zero attached hydrogens (tertiary/aromatic N) is 2. The number of nitrogens with one attached hydrogen (secondary N) is 3. The smallest absolute Gasteiger partial charge is 0.350 e. The molecule has 1 saturated heterocycles. The molecule has 2 rings (SSSR count). The minimum atomic E-state index is -4.05. The molecular formula is C37H55F2IN5O8PS2. The first-order valence-corrected chi connectivity index (χ1v) is 23.7. The molecule has 2 heterocycles. The van der Waals surface area contributed by atoms with Crippen LogP contribution in [-0.4, -0.2) is 89.0 Å². The van der Waals surface area contributed by atoms with Gasteiger partial charge in [-0.2, -0.15) is 13.8 Å². The Morgan fingerprint density at radius 2 is 1.61 bits per heavy atom. The van der Waals surface area contributed by atoms with Crippen LogP contribution < -0.4 is 21.2 Å². The lowest BCUT2D eigenvalue weighted by atomic mass is 10.1. The number of aliphatic hydroxyl groups is 1. The molecule has 0 spiro atoms. The molecule has 1 amide bonds. The first kappa shape index (κ1) is 50.0. The van der Waals surface area contributed by atoms with Crippen LogP contribution in [0, 0.1) is 3.70 Å². The highest BCUT2D eigenvalue weighted by atomic mass is 127. The molecular weight excluding hydrogens is 902 g/mol. The van der Waals surface area contributed by atoms with Crippen molar-refractivity contribution in [2.75, 3.05) is 44.4 Å². The molecule has 0 bridgehead atoms. The van der Waals surface area contributed by atoms with E-state index in [9.17, 15) is 32.8 Å². The van der Waals surface area contributed by atoms with Crippen molar-refractivity contribution in [2.45, 2.75) is 89.6 Å². The average molecular weight is 958 g/mol. The van der Waals surface area contributed by atoms with Gasteiger partial charge in [-0.25, -0.2) is 15.0 Å². The highest BCUT2D eigenvalue weighted by Crippen LogP contribution is 2.44. The molecule has 1 aliphatic rings. The molecule has 4 atom stereocenters. The molecule has 0 saturated carbocycles. The van der Waals surface area contributed by atoms with Crippen LogP contribution in [0.5, 0.6) is 0 Å². The maximum absolute atomic E-state index is 15.0. The molecule has 314 valence electrons. The Hall–Kier alpha value is -2.16. The van der Waals surface area contributed by atoms with E-state index in [1.165, 1.54) is 27.7 Å². The van der Waals surface area contributed by atoms with Crippen molar-refractivity contribution < 1.29 is 42.0 Å². The molecule has 0 radical (unpaired) electrons. The van der Waals surface area contributed by atoms with Crippen LogP contribution in [0.1, 0.15) is 71.4 Å². The van der Waals surface area contributed by atoms with Gasteiger partial charge in [-0.05, 0) is 80.5 Å². The summed E-state index contributed by atoms with van der Waals surface area (Å²) in [6.07, 6.45) is 23.2. The number of amides is 1. The van der Waals surface area contributed by atoms with Crippen LogP contribution >= 0.6 is 51.8 Å². The predicted octanol–water partition coefficient (Wildman–Crippen LogP) is 7.03. The standard InChI is InChI=1S/C37H55F2IN5O8PS2/c1-3-5-6-7-8-9-10-11-12-13-14-15-16-17-18-19-20-21-32(46)41-23-26-55-56-27-24-42-54(50,43-28-33(47)51-4-2)52-29-30-34(48)37(38,39)35(53-30)45-25-22-31(40)44-36(45)49/h5-6,8-9,11-12,14-15,17-18,22,25,30,34-35,48H,3-4,7,10,13,16,19-21,23-24,26-29H2,1-2H3,(H,41,46)(H2,42,43,50)/b6-5-,9-8-,12-11-,15-14-,18-17-/t30-,34-,35-,54?/m1/s1. The minimum absolute atomic E-state index is 0.0157. The van der Waals surface area contributed by atoms with Gasteiger partial charge in [0.25, 0.3) is 0 Å². The Bertz CT molecular complexity index is 1580. The quantitative estimate of drug-likeness (QED) is 0.0123. The van der Waals surface area contributed by atoms with Crippen molar-refractivity contribution in [3.63, 3.8) is 0 Å². The van der Waals surface area contributed by atoms with E-state index in [-0.39, 0.29) is 22.8 Å². The predicted molar refractivity (Wildman–Crippen MR) is 229 cm³/mol. The topological polar surface area (TPSA) is 170 Å². The fraction of sp³-hybridized carbons (Fsp3) is 0.568. The van der Waals surface area contributed by atoms with Gasteiger partial charge in [0, 0.05) is 37.2 Å². The van der Waals surface area contributed by atoms with Crippen molar-refractivity contribution >= 4 is 63.7 Å². The zero-order chi connectivity index (χ0) is 41.1. The van der Waals surface area contributed by atoms with Crippen molar-refractivity contribution in [1.29, 1.82) is 0 Å². The van der Waals surface area contributed by atoms with Crippen molar-refractivity contribution in [2.24, 2.45) is 0 Å². The number of esters is 1.